The van der Waals surface area contributed by atoms with E-state index in [1.807, 2.05) is 30.3 Å². The third-order valence-corrected chi connectivity index (χ3v) is 9.98. The second-order valence-corrected chi connectivity index (χ2v) is 14.0. The first-order valence-corrected chi connectivity index (χ1v) is 17.7. The summed E-state index contributed by atoms with van der Waals surface area (Å²) in [5, 5.41) is 10.7. The summed E-state index contributed by atoms with van der Waals surface area (Å²) in [6.07, 6.45) is 0. The number of sulfonamides is 2. The Morgan fingerprint density at radius 1 is 0.755 bits per heavy atom. The number of hydrogen-bond donors (Lipinski definition) is 5. The summed E-state index contributed by atoms with van der Waals surface area (Å²) in [5.41, 5.74) is 7.11. The van der Waals surface area contributed by atoms with E-state index in [9.17, 15) is 21.6 Å². The molecule has 0 saturated heterocycles. The molecule has 0 aliphatic heterocycles. The molecule has 1 unspecified atom stereocenters. The number of rotatable bonds is 14. The highest BCUT2D eigenvalue weighted by Gasteiger charge is 2.31. The molecule has 49 heavy (non-hydrogen) atoms. The molecule has 5 rings (SSSR count). The highest BCUT2D eigenvalue weighted by molar-refractivity contribution is 7.92. The maximum Gasteiger partial charge on any atom is 0.264 e. The maximum atomic E-state index is 14.0. The Morgan fingerprint density at radius 3 is 1.86 bits per heavy atom. The number of nitrogens with two attached hydrogens (primary N) is 1. The molecule has 14 heteroatoms. The topological polar surface area (TPSA) is 190 Å². The van der Waals surface area contributed by atoms with Crippen molar-refractivity contribution in [1.29, 1.82) is 5.41 Å². The number of amidine groups is 1. The predicted molar refractivity (Wildman–Crippen MR) is 187 cm³/mol. The third kappa shape index (κ3) is 8.54. The normalized spacial score (nSPS) is 11.9. The van der Waals surface area contributed by atoms with Crippen LogP contribution in [0.1, 0.15) is 22.7 Å². The van der Waals surface area contributed by atoms with Crippen molar-refractivity contribution in [2.45, 2.75) is 22.4 Å². The van der Waals surface area contributed by atoms with E-state index in [1.165, 1.54) is 55.6 Å². The van der Waals surface area contributed by atoms with Crippen molar-refractivity contribution < 1.29 is 31.1 Å². The van der Waals surface area contributed by atoms with Crippen LogP contribution in [-0.2, 0) is 31.4 Å². The summed E-state index contributed by atoms with van der Waals surface area (Å²) in [4.78, 5) is 13.8. The Labute approximate surface area is 284 Å². The predicted octanol–water partition coefficient (Wildman–Crippen LogP) is 5.02. The summed E-state index contributed by atoms with van der Waals surface area (Å²) in [6, 6.07) is 31.6. The van der Waals surface area contributed by atoms with E-state index in [1.54, 1.807) is 48.5 Å². The lowest BCUT2D eigenvalue weighted by Gasteiger charge is -2.25. The van der Waals surface area contributed by atoms with E-state index < -0.39 is 32.0 Å². The molecule has 6 N–H and O–H groups in total. The monoisotopic (exact) mass is 699 g/mol. The average molecular weight is 700 g/mol. The number of hydrogen-bond acceptors (Lipinski definition) is 9. The number of anilines is 2. The Hall–Kier alpha value is -5.86. The van der Waals surface area contributed by atoms with E-state index in [0.717, 1.165) is 5.56 Å². The molecule has 1 atom stereocenters. The van der Waals surface area contributed by atoms with Gasteiger partial charge in [-0.1, -0.05) is 66.7 Å². The van der Waals surface area contributed by atoms with Gasteiger partial charge in [0, 0.05) is 22.9 Å². The third-order valence-electron chi connectivity index (χ3n) is 7.24. The van der Waals surface area contributed by atoms with Gasteiger partial charge in [0.2, 0.25) is 0 Å². The molecule has 12 nitrogen and oxygen atoms in total. The minimum Gasteiger partial charge on any atom is -0.493 e. The standard InChI is InChI=1S/C35H33N5O7S2/c1-46-31-21-29(30(39-48(42,43)27-13-7-3-8-14-27)22-32(31)47-23-24-11-5-2-6-12-24)33(38-26-19-17-25(18-20-26)34(36)37)35(41)40-49(44,45)28-15-9-4-10-16-28/h2-22,33,38-39H,23H2,1H3,(H3,36,37)(H,40,41). The summed E-state index contributed by atoms with van der Waals surface area (Å²) in [6.45, 7) is 0.113. The van der Waals surface area contributed by atoms with Gasteiger partial charge in [0.1, 0.15) is 18.5 Å². The second-order valence-electron chi connectivity index (χ2n) is 10.6. The van der Waals surface area contributed by atoms with Gasteiger partial charge in [-0.15, -0.1) is 0 Å². The smallest absolute Gasteiger partial charge is 0.264 e. The molecule has 0 saturated carbocycles. The van der Waals surface area contributed by atoms with Crippen molar-refractivity contribution >= 4 is 43.2 Å². The van der Waals surface area contributed by atoms with Crippen molar-refractivity contribution in [3.63, 3.8) is 0 Å². The summed E-state index contributed by atoms with van der Waals surface area (Å²) in [5.74, 6) is -0.906. The molecular formula is C35H33N5O7S2. The number of methoxy groups -OCH3 is 1. The van der Waals surface area contributed by atoms with E-state index in [4.69, 9.17) is 20.6 Å². The quantitative estimate of drug-likeness (QED) is 0.0783. The van der Waals surface area contributed by atoms with Crippen LogP contribution in [0.5, 0.6) is 11.5 Å². The SMILES string of the molecule is COc1cc(C(Nc2ccc(C(=N)N)cc2)C(=O)NS(=O)(=O)c2ccccc2)c(NS(=O)(=O)c2ccccc2)cc1OCc1ccccc1. The van der Waals surface area contributed by atoms with Crippen LogP contribution in [0.25, 0.3) is 0 Å². The number of benzene rings is 5. The van der Waals surface area contributed by atoms with Crippen LogP contribution in [-0.4, -0.2) is 35.7 Å². The van der Waals surface area contributed by atoms with Crippen LogP contribution in [0.15, 0.2) is 137 Å². The molecule has 0 aliphatic carbocycles. The van der Waals surface area contributed by atoms with Crippen LogP contribution in [0.4, 0.5) is 11.4 Å². The number of amides is 1. The average Bonchev–Trinajstić information content (AvgIpc) is 3.11. The van der Waals surface area contributed by atoms with Crippen LogP contribution in [0.2, 0.25) is 0 Å². The summed E-state index contributed by atoms with van der Waals surface area (Å²) < 4.78 is 70.2. The lowest BCUT2D eigenvalue weighted by Crippen LogP contribution is -2.38. The van der Waals surface area contributed by atoms with Crippen molar-refractivity contribution in [1.82, 2.24) is 4.72 Å². The molecular weight excluding hydrogens is 667 g/mol. The molecule has 0 spiro atoms. The van der Waals surface area contributed by atoms with E-state index in [2.05, 4.69) is 14.8 Å². The molecule has 0 radical (unpaired) electrons. The van der Waals surface area contributed by atoms with Crippen LogP contribution in [0.3, 0.4) is 0 Å². The van der Waals surface area contributed by atoms with Gasteiger partial charge in [-0.25, -0.2) is 21.6 Å². The Balaban J connectivity index is 1.64. The van der Waals surface area contributed by atoms with E-state index >= 15 is 0 Å². The summed E-state index contributed by atoms with van der Waals surface area (Å²) >= 11 is 0. The van der Waals surface area contributed by atoms with Gasteiger partial charge in [-0.05, 0) is 60.2 Å². The lowest BCUT2D eigenvalue weighted by molar-refractivity contribution is -0.120. The first kappa shape index (κ1) is 34.5. The van der Waals surface area contributed by atoms with Gasteiger partial charge in [0.05, 0.1) is 22.6 Å². The van der Waals surface area contributed by atoms with Gasteiger partial charge in [-0.2, -0.15) is 0 Å². The zero-order valence-electron chi connectivity index (χ0n) is 26.2. The van der Waals surface area contributed by atoms with Crippen molar-refractivity contribution in [3.8, 4) is 11.5 Å². The lowest BCUT2D eigenvalue weighted by atomic mass is 10.0. The van der Waals surface area contributed by atoms with Crippen molar-refractivity contribution in [2.24, 2.45) is 5.73 Å². The van der Waals surface area contributed by atoms with Gasteiger partial charge in [-0.3, -0.25) is 14.9 Å². The van der Waals surface area contributed by atoms with Crippen molar-refractivity contribution in [3.05, 3.63) is 144 Å². The molecule has 0 aromatic heterocycles. The van der Waals surface area contributed by atoms with Gasteiger partial charge >= 0.3 is 0 Å². The van der Waals surface area contributed by atoms with E-state index in [0.29, 0.717) is 11.3 Å². The number of carbonyl (C=O) groups is 1. The Bertz CT molecular complexity index is 2150. The molecule has 0 fully saturated rings. The largest absolute Gasteiger partial charge is 0.493 e. The Morgan fingerprint density at radius 2 is 1.31 bits per heavy atom. The Kier molecular flexibility index (Phi) is 10.5. The molecule has 0 heterocycles. The fraction of sp³-hybridized carbons (Fsp3) is 0.0857. The van der Waals surface area contributed by atoms with E-state index in [-0.39, 0.29) is 45.0 Å². The fourth-order valence-corrected chi connectivity index (χ4v) is 6.88. The van der Waals surface area contributed by atoms with Crippen molar-refractivity contribution in [2.75, 3.05) is 17.1 Å². The van der Waals surface area contributed by atoms with Crippen LogP contribution in [0, 0.1) is 5.41 Å². The molecule has 5 aromatic rings. The molecule has 0 aliphatic rings. The maximum absolute atomic E-state index is 14.0. The van der Waals surface area contributed by atoms with Crippen LogP contribution >= 0.6 is 0 Å². The second kappa shape index (κ2) is 14.9. The van der Waals surface area contributed by atoms with Gasteiger partial charge in [0.25, 0.3) is 26.0 Å². The highest BCUT2D eigenvalue weighted by Crippen LogP contribution is 2.39. The summed E-state index contributed by atoms with van der Waals surface area (Å²) in [7, 11) is -7.20. The number of ether oxygens (including phenoxy) is 2. The fourth-order valence-electron chi connectivity index (χ4n) is 4.76. The first-order chi connectivity index (χ1) is 23.5. The number of nitrogens with one attached hydrogen (secondary N) is 4. The molecule has 252 valence electrons. The minimum atomic E-state index is -4.36. The molecule has 1 amide bonds. The molecule has 5 aromatic carbocycles. The van der Waals surface area contributed by atoms with Gasteiger partial charge < -0.3 is 20.5 Å². The minimum absolute atomic E-state index is 0.0137. The zero-order chi connectivity index (χ0) is 35.0. The van der Waals surface area contributed by atoms with Gasteiger partial charge in [0.15, 0.2) is 11.5 Å². The van der Waals surface area contributed by atoms with Crippen LogP contribution < -0.4 is 30.0 Å². The first-order valence-electron chi connectivity index (χ1n) is 14.8. The highest BCUT2D eigenvalue weighted by atomic mass is 32.2. The number of carbonyl (C=O) groups excluding carboxylic acids is 1. The molecule has 0 bridgehead atoms. The zero-order valence-corrected chi connectivity index (χ0v) is 27.8. The number of nitrogen functional groups attached to an aromatic ring is 1.